The summed E-state index contributed by atoms with van der Waals surface area (Å²) in [5.74, 6) is 0. The molecule has 18 heavy (non-hydrogen) atoms. The van der Waals surface area contributed by atoms with Gasteiger partial charge < -0.3 is 5.11 Å². The molecule has 0 aromatic carbocycles. The molecular weight excluding hydrogens is 270 g/mol. The van der Waals surface area contributed by atoms with Gasteiger partial charge in [0.1, 0.15) is 6.10 Å². The van der Waals surface area contributed by atoms with Gasteiger partial charge in [0.15, 0.2) is 0 Å². The van der Waals surface area contributed by atoms with Crippen LogP contribution >= 0.6 is 22.9 Å². The molecular formula is C12H10ClN3OS. The predicted molar refractivity (Wildman–Crippen MR) is 71.9 cm³/mol. The van der Waals surface area contributed by atoms with Crippen LogP contribution < -0.4 is 0 Å². The summed E-state index contributed by atoms with van der Waals surface area (Å²) in [6.45, 7) is 0. The zero-order valence-electron chi connectivity index (χ0n) is 9.54. The molecule has 1 N–H and O–H groups in total. The van der Waals surface area contributed by atoms with E-state index in [1.807, 2.05) is 17.5 Å². The molecule has 92 valence electrons. The van der Waals surface area contributed by atoms with Crippen molar-refractivity contribution >= 4 is 33.2 Å². The van der Waals surface area contributed by atoms with E-state index < -0.39 is 6.10 Å². The number of rotatable bonds is 2. The molecule has 0 saturated heterocycles. The number of aliphatic hydroxyl groups is 1. The molecule has 1 atom stereocenters. The highest BCUT2D eigenvalue weighted by molar-refractivity contribution is 7.17. The standard InChI is InChI=1S/C12H10ClN3OS/c1-16-11(8(13)6-15-16)12(17)7-4-10-9(14-5-7)2-3-18-10/h2-6,12,17H,1H3. The van der Waals surface area contributed by atoms with Crippen molar-refractivity contribution in [2.24, 2.45) is 7.05 Å². The quantitative estimate of drug-likeness (QED) is 0.785. The maximum Gasteiger partial charge on any atom is 0.124 e. The molecule has 0 aliphatic heterocycles. The summed E-state index contributed by atoms with van der Waals surface area (Å²) in [6, 6.07) is 3.88. The van der Waals surface area contributed by atoms with Crippen LogP contribution in [0.3, 0.4) is 0 Å². The van der Waals surface area contributed by atoms with Gasteiger partial charge in [-0.2, -0.15) is 5.10 Å². The van der Waals surface area contributed by atoms with E-state index in [1.165, 1.54) is 6.20 Å². The van der Waals surface area contributed by atoms with Crippen molar-refractivity contribution < 1.29 is 5.11 Å². The average molecular weight is 280 g/mol. The first-order chi connectivity index (χ1) is 8.66. The number of hydrogen-bond donors (Lipinski definition) is 1. The number of pyridine rings is 1. The van der Waals surface area contributed by atoms with Crippen LogP contribution in [0.2, 0.25) is 5.02 Å². The smallest absolute Gasteiger partial charge is 0.124 e. The lowest BCUT2D eigenvalue weighted by molar-refractivity contribution is 0.209. The lowest BCUT2D eigenvalue weighted by Gasteiger charge is -2.11. The van der Waals surface area contributed by atoms with Crippen LogP contribution in [-0.4, -0.2) is 19.9 Å². The number of hydrogen-bond acceptors (Lipinski definition) is 4. The Hall–Kier alpha value is -1.43. The lowest BCUT2D eigenvalue weighted by Crippen LogP contribution is -2.07. The van der Waals surface area contributed by atoms with Crippen molar-refractivity contribution in [3.8, 4) is 0 Å². The van der Waals surface area contributed by atoms with E-state index in [-0.39, 0.29) is 0 Å². The normalized spacial score (nSPS) is 13.1. The number of fused-ring (bicyclic) bond motifs is 1. The Morgan fingerprint density at radius 3 is 3.00 bits per heavy atom. The molecule has 4 nitrogen and oxygen atoms in total. The number of aryl methyl sites for hydroxylation is 1. The molecule has 1 unspecified atom stereocenters. The lowest BCUT2D eigenvalue weighted by atomic mass is 10.1. The van der Waals surface area contributed by atoms with Gasteiger partial charge in [-0.25, -0.2) is 0 Å². The van der Waals surface area contributed by atoms with Crippen LogP contribution in [0.5, 0.6) is 0 Å². The fourth-order valence-corrected chi connectivity index (χ4v) is 2.96. The molecule has 0 aliphatic rings. The minimum Gasteiger partial charge on any atom is -0.382 e. The first-order valence-corrected chi connectivity index (χ1v) is 6.61. The van der Waals surface area contributed by atoms with Crippen molar-refractivity contribution in [3.05, 3.63) is 46.2 Å². The molecule has 0 amide bonds. The Bertz CT molecular complexity index is 687. The molecule has 0 saturated carbocycles. The van der Waals surface area contributed by atoms with Gasteiger partial charge in [-0.15, -0.1) is 11.3 Å². The van der Waals surface area contributed by atoms with Gasteiger partial charge in [-0.3, -0.25) is 9.67 Å². The third-order valence-corrected chi connectivity index (χ3v) is 3.98. The number of aliphatic hydroxyl groups excluding tert-OH is 1. The maximum atomic E-state index is 10.4. The van der Waals surface area contributed by atoms with Crippen LogP contribution in [-0.2, 0) is 7.05 Å². The van der Waals surface area contributed by atoms with E-state index in [9.17, 15) is 5.11 Å². The molecule has 6 heteroatoms. The SMILES string of the molecule is Cn1ncc(Cl)c1C(O)c1cnc2ccsc2c1. The fourth-order valence-electron chi connectivity index (χ4n) is 1.90. The summed E-state index contributed by atoms with van der Waals surface area (Å²) < 4.78 is 2.62. The highest BCUT2D eigenvalue weighted by Crippen LogP contribution is 2.29. The summed E-state index contributed by atoms with van der Waals surface area (Å²) in [7, 11) is 1.75. The Morgan fingerprint density at radius 2 is 2.28 bits per heavy atom. The summed E-state index contributed by atoms with van der Waals surface area (Å²) in [5, 5.41) is 16.8. The van der Waals surface area contributed by atoms with Crippen molar-refractivity contribution in [1.29, 1.82) is 0 Å². The number of halogens is 1. The van der Waals surface area contributed by atoms with Gasteiger partial charge in [-0.1, -0.05) is 11.6 Å². The molecule has 0 fully saturated rings. The van der Waals surface area contributed by atoms with E-state index >= 15 is 0 Å². The van der Waals surface area contributed by atoms with Crippen LogP contribution in [0.4, 0.5) is 0 Å². The number of thiophene rings is 1. The molecule has 3 aromatic rings. The Labute approximate surface area is 112 Å². The zero-order valence-corrected chi connectivity index (χ0v) is 11.1. The van der Waals surface area contributed by atoms with E-state index in [0.717, 1.165) is 15.8 Å². The van der Waals surface area contributed by atoms with Crippen LogP contribution in [0.15, 0.2) is 29.9 Å². The first kappa shape index (κ1) is 11.6. The van der Waals surface area contributed by atoms with Gasteiger partial charge in [0, 0.05) is 18.8 Å². The van der Waals surface area contributed by atoms with Gasteiger partial charge in [0.2, 0.25) is 0 Å². The number of aromatic nitrogens is 3. The zero-order chi connectivity index (χ0) is 12.7. The Balaban J connectivity index is 2.08. The molecule has 3 aromatic heterocycles. The molecule has 0 radical (unpaired) electrons. The minimum atomic E-state index is -0.816. The summed E-state index contributed by atoms with van der Waals surface area (Å²) in [4.78, 5) is 4.31. The Morgan fingerprint density at radius 1 is 1.44 bits per heavy atom. The van der Waals surface area contributed by atoms with E-state index in [1.54, 1.807) is 29.3 Å². The molecule has 0 aliphatic carbocycles. The Kier molecular flexibility index (Phi) is 2.81. The summed E-state index contributed by atoms with van der Waals surface area (Å²) >= 11 is 7.62. The average Bonchev–Trinajstić information content (AvgIpc) is 2.94. The highest BCUT2D eigenvalue weighted by atomic mass is 35.5. The van der Waals surface area contributed by atoms with Crippen molar-refractivity contribution in [1.82, 2.24) is 14.8 Å². The van der Waals surface area contributed by atoms with Crippen molar-refractivity contribution in [3.63, 3.8) is 0 Å². The van der Waals surface area contributed by atoms with E-state index in [0.29, 0.717) is 10.7 Å². The summed E-state index contributed by atoms with van der Waals surface area (Å²) in [6.07, 6.45) is 2.38. The molecule has 0 bridgehead atoms. The second-order valence-electron chi connectivity index (χ2n) is 3.98. The van der Waals surface area contributed by atoms with Gasteiger partial charge >= 0.3 is 0 Å². The minimum absolute atomic E-state index is 0.455. The van der Waals surface area contributed by atoms with Gasteiger partial charge in [0.25, 0.3) is 0 Å². The van der Waals surface area contributed by atoms with E-state index in [2.05, 4.69) is 10.1 Å². The van der Waals surface area contributed by atoms with Gasteiger partial charge in [0.05, 0.1) is 27.1 Å². The second-order valence-corrected chi connectivity index (χ2v) is 5.33. The summed E-state index contributed by atoms with van der Waals surface area (Å²) in [5.41, 5.74) is 2.23. The third-order valence-electron chi connectivity index (χ3n) is 2.84. The van der Waals surface area contributed by atoms with Crippen molar-refractivity contribution in [2.75, 3.05) is 0 Å². The highest BCUT2D eigenvalue weighted by Gasteiger charge is 2.19. The first-order valence-electron chi connectivity index (χ1n) is 5.35. The molecule has 0 spiro atoms. The number of nitrogens with zero attached hydrogens (tertiary/aromatic N) is 3. The third kappa shape index (κ3) is 1.80. The largest absolute Gasteiger partial charge is 0.382 e. The van der Waals surface area contributed by atoms with Crippen LogP contribution in [0, 0.1) is 0 Å². The second kappa shape index (κ2) is 4.35. The monoisotopic (exact) mass is 279 g/mol. The van der Waals surface area contributed by atoms with Crippen LogP contribution in [0.1, 0.15) is 17.4 Å². The fraction of sp³-hybridized carbons (Fsp3) is 0.167. The topological polar surface area (TPSA) is 50.9 Å². The predicted octanol–water partition coefficient (Wildman–Crippen LogP) is 2.76. The molecule has 3 heterocycles. The van der Waals surface area contributed by atoms with Crippen LogP contribution in [0.25, 0.3) is 10.2 Å². The molecule has 3 rings (SSSR count). The van der Waals surface area contributed by atoms with E-state index in [4.69, 9.17) is 11.6 Å². The maximum absolute atomic E-state index is 10.4. The van der Waals surface area contributed by atoms with Gasteiger partial charge in [-0.05, 0) is 17.5 Å². The van der Waals surface area contributed by atoms with Crippen molar-refractivity contribution in [2.45, 2.75) is 6.10 Å².